The number of thiophene rings is 2. The molecule has 2 rings (SSSR count). The highest BCUT2D eigenvalue weighted by molar-refractivity contribution is 7.16. The monoisotopic (exact) mass is 274 g/mol. The maximum atomic E-state index is 5.92. The van der Waals surface area contributed by atoms with Gasteiger partial charge in [0, 0.05) is 4.88 Å². The van der Waals surface area contributed by atoms with Crippen LogP contribution in [0.2, 0.25) is 4.34 Å². The SMILES string of the molecule is COc1ccsc1C(NN)c1ccc(Cl)s1. The fraction of sp³-hybridized carbons (Fsp3) is 0.200. The molecule has 1 atom stereocenters. The standard InChI is InChI=1S/C10H11ClN2OS2/c1-14-6-4-5-15-10(6)9(13-12)7-2-3-8(11)16-7/h2-5,9,13H,12H2,1H3. The Morgan fingerprint density at radius 2 is 2.25 bits per heavy atom. The van der Waals surface area contributed by atoms with Crippen molar-refractivity contribution in [2.75, 3.05) is 7.11 Å². The minimum atomic E-state index is -0.0625. The molecule has 0 aliphatic rings. The van der Waals surface area contributed by atoms with E-state index in [2.05, 4.69) is 5.43 Å². The van der Waals surface area contributed by atoms with E-state index in [1.165, 1.54) is 11.3 Å². The zero-order valence-corrected chi connectivity index (χ0v) is 11.0. The molecular formula is C10H11ClN2OS2. The Kier molecular flexibility index (Phi) is 3.83. The Balaban J connectivity index is 2.36. The first-order chi connectivity index (χ1) is 7.76. The summed E-state index contributed by atoms with van der Waals surface area (Å²) in [7, 11) is 1.65. The van der Waals surface area contributed by atoms with Gasteiger partial charge in [-0.25, -0.2) is 5.43 Å². The zero-order valence-electron chi connectivity index (χ0n) is 8.57. The van der Waals surface area contributed by atoms with Gasteiger partial charge >= 0.3 is 0 Å². The lowest BCUT2D eigenvalue weighted by atomic mass is 10.2. The third-order valence-electron chi connectivity index (χ3n) is 2.18. The van der Waals surface area contributed by atoms with E-state index in [0.29, 0.717) is 0 Å². The van der Waals surface area contributed by atoms with Crippen molar-refractivity contribution in [3.8, 4) is 5.75 Å². The second-order valence-electron chi connectivity index (χ2n) is 3.09. The van der Waals surface area contributed by atoms with Crippen LogP contribution < -0.4 is 16.0 Å². The molecule has 0 bridgehead atoms. The Bertz CT molecular complexity index is 469. The topological polar surface area (TPSA) is 47.3 Å². The van der Waals surface area contributed by atoms with Gasteiger partial charge in [0.05, 0.1) is 22.4 Å². The van der Waals surface area contributed by atoms with E-state index in [1.807, 2.05) is 23.6 Å². The maximum absolute atomic E-state index is 5.92. The lowest BCUT2D eigenvalue weighted by molar-refractivity contribution is 0.408. The highest BCUT2D eigenvalue weighted by Crippen LogP contribution is 2.37. The number of hydrogen-bond acceptors (Lipinski definition) is 5. The molecule has 0 aliphatic heterocycles. The molecule has 0 fully saturated rings. The molecule has 0 amide bonds. The van der Waals surface area contributed by atoms with Gasteiger partial charge in [-0.05, 0) is 23.6 Å². The van der Waals surface area contributed by atoms with Gasteiger partial charge in [0.2, 0.25) is 0 Å². The summed E-state index contributed by atoms with van der Waals surface area (Å²) >= 11 is 9.04. The smallest absolute Gasteiger partial charge is 0.134 e. The van der Waals surface area contributed by atoms with E-state index < -0.39 is 0 Å². The molecule has 2 heterocycles. The van der Waals surface area contributed by atoms with E-state index >= 15 is 0 Å². The number of methoxy groups -OCH3 is 1. The molecule has 16 heavy (non-hydrogen) atoms. The van der Waals surface area contributed by atoms with Crippen LogP contribution in [0.3, 0.4) is 0 Å². The third kappa shape index (κ3) is 2.23. The summed E-state index contributed by atoms with van der Waals surface area (Å²) < 4.78 is 6.04. The van der Waals surface area contributed by atoms with Crippen molar-refractivity contribution < 1.29 is 4.74 Å². The summed E-state index contributed by atoms with van der Waals surface area (Å²) in [5, 5.41) is 1.98. The van der Waals surface area contributed by atoms with E-state index in [4.69, 9.17) is 22.2 Å². The minimum absolute atomic E-state index is 0.0625. The van der Waals surface area contributed by atoms with Crippen molar-refractivity contribution in [2.45, 2.75) is 6.04 Å². The molecule has 0 aliphatic carbocycles. The van der Waals surface area contributed by atoms with Gasteiger partial charge in [0.25, 0.3) is 0 Å². The van der Waals surface area contributed by atoms with Gasteiger partial charge in [-0.15, -0.1) is 22.7 Å². The third-order valence-corrected chi connectivity index (χ3v) is 4.44. The number of nitrogens with two attached hydrogens (primary N) is 1. The molecule has 2 aromatic heterocycles. The highest BCUT2D eigenvalue weighted by Gasteiger charge is 2.19. The van der Waals surface area contributed by atoms with Crippen molar-refractivity contribution in [1.29, 1.82) is 0 Å². The summed E-state index contributed by atoms with van der Waals surface area (Å²) in [4.78, 5) is 2.14. The van der Waals surface area contributed by atoms with E-state index in [-0.39, 0.29) is 6.04 Å². The van der Waals surface area contributed by atoms with Crippen LogP contribution in [0.25, 0.3) is 0 Å². The van der Waals surface area contributed by atoms with Crippen LogP contribution in [0.15, 0.2) is 23.6 Å². The molecule has 0 aromatic carbocycles. The highest BCUT2D eigenvalue weighted by atomic mass is 35.5. The molecular weight excluding hydrogens is 264 g/mol. The van der Waals surface area contributed by atoms with E-state index in [0.717, 1.165) is 19.8 Å². The number of hydrazine groups is 1. The van der Waals surface area contributed by atoms with Gasteiger partial charge in [-0.2, -0.15) is 0 Å². The van der Waals surface area contributed by atoms with Gasteiger partial charge in [0.15, 0.2) is 0 Å². The molecule has 0 spiro atoms. The first kappa shape index (κ1) is 11.9. The van der Waals surface area contributed by atoms with Crippen LogP contribution in [-0.2, 0) is 0 Å². The minimum Gasteiger partial charge on any atom is -0.496 e. The fourth-order valence-electron chi connectivity index (χ4n) is 1.46. The van der Waals surface area contributed by atoms with Gasteiger partial charge in [0.1, 0.15) is 5.75 Å². The second kappa shape index (κ2) is 5.16. The largest absolute Gasteiger partial charge is 0.496 e. The Morgan fingerprint density at radius 1 is 1.44 bits per heavy atom. The summed E-state index contributed by atoms with van der Waals surface area (Å²) in [5.74, 6) is 6.44. The van der Waals surface area contributed by atoms with E-state index in [9.17, 15) is 0 Å². The summed E-state index contributed by atoms with van der Waals surface area (Å²) in [5.41, 5.74) is 2.79. The summed E-state index contributed by atoms with van der Waals surface area (Å²) in [6, 6.07) is 5.70. The summed E-state index contributed by atoms with van der Waals surface area (Å²) in [6.07, 6.45) is 0. The number of halogens is 1. The Hall–Kier alpha value is -0.590. The van der Waals surface area contributed by atoms with Crippen molar-refractivity contribution in [3.63, 3.8) is 0 Å². The van der Waals surface area contributed by atoms with Gasteiger partial charge in [-0.1, -0.05) is 11.6 Å². The lowest BCUT2D eigenvalue weighted by Crippen LogP contribution is -2.27. The molecule has 2 aromatic rings. The van der Waals surface area contributed by atoms with Crippen LogP contribution in [0.4, 0.5) is 0 Å². The average molecular weight is 275 g/mol. The zero-order chi connectivity index (χ0) is 11.5. The Labute approximate surface area is 107 Å². The number of nitrogens with one attached hydrogen (secondary N) is 1. The first-order valence-electron chi connectivity index (χ1n) is 4.59. The molecule has 1 unspecified atom stereocenters. The predicted molar refractivity (Wildman–Crippen MR) is 69.4 cm³/mol. The van der Waals surface area contributed by atoms with Crippen molar-refractivity contribution in [3.05, 3.63) is 37.7 Å². The van der Waals surface area contributed by atoms with Gasteiger partial charge < -0.3 is 4.74 Å². The molecule has 3 nitrogen and oxygen atoms in total. The first-order valence-corrected chi connectivity index (χ1v) is 6.66. The molecule has 0 saturated carbocycles. The van der Waals surface area contributed by atoms with Crippen LogP contribution in [0, 0.1) is 0 Å². The second-order valence-corrected chi connectivity index (χ2v) is 5.79. The van der Waals surface area contributed by atoms with Crippen LogP contribution in [0.1, 0.15) is 15.8 Å². The predicted octanol–water partition coefficient (Wildman–Crippen LogP) is 3.02. The quantitative estimate of drug-likeness (QED) is 0.665. The Morgan fingerprint density at radius 3 is 2.81 bits per heavy atom. The number of rotatable bonds is 4. The lowest BCUT2D eigenvalue weighted by Gasteiger charge is -2.14. The molecule has 0 saturated heterocycles. The summed E-state index contributed by atoms with van der Waals surface area (Å²) in [6.45, 7) is 0. The number of ether oxygens (including phenoxy) is 1. The molecule has 3 N–H and O–H groups in total. The molecule has 86 valence electrons. The van der Waals surface area contributed by atoms with Crippen LogP contribution >= 0.6 is 34.3 Å². The van der Waals surface area contributed by atoms with Crippen molar-refractivity contribution >= 4 is 34.3 Å². The molecule has 0 radical (unpaired) electrons. The number of hydrogen-bond donors (Lipinski definition) is 2. The normalized spacial score (nSPS) is 12.7. The van der Waals surface area contributed by atoms with Gasteiger partial charge in [-0.3, -0.25) is 5.84 Å². The average Bonchev–Trinajstić information content (AvgIpc) is 2.89. The molecule has 6 heteroatoms. The fourth-order valence-corrected chi connectivity index (χ4v) is 3.60. The maximum Gasteiger partial charge on any atom is 0.134 e. The van der Waals surface area contributed by atoms with Crippen LogP contribution in [0.5, 0.6) is 5.75 Å². The van der Waals surface area contributed by atoms with Crippen molar-refractivity contribution in [1.82, 2.24) is 5.43 Å². The van der Waals surface area contributed by atoms with Crippen LogP contribution in [-0.4, -0.2) is 7.11 Å². The van der Waals surface area contributed by atoms with E-state index in [1.54, 1.807) is 18.4 Å². The van der Waals surface area contributed by atoms with Crippen molar-refractivity contribution in [2.24, 2.45) is 5.84 Å².